The van der Waals surface area contributed by atoms with Gasteiger partial charge >= 0.3 is 0 Å². The number of thioether (sulfide) groups is 1. The van der Waals surface area contributed by atoms with Gasteiger partial charge in [-0.25, -0.2) is 9.37 Å². The van der Waals surface area contributed by atoms with Crippen LogP contribution in [0, 0.1) is 17.1 Å². The lowest BCUT2D eigenvalue weighted by Gasteiger charge is -2.15. The van der Waals surface area contributed by atoms with Gasteiger partial charge < -0.3 is 4.74 Å². The van der Waals surface area contributed by atoms with E-state index in [1.165, 1.54) is 36.0 Å². The molecule has 4 nitrogen and oxygen atoms in total. The summed E-state index contributed by atoms with van der Waals surface area (Å²) in [5.41, 5.74) is 4.90. The lowest BCUT2D eigenvalue weighted by atomic mass is 9.95. The van der Waals surface area contributed by atoms with Crippen molar-refractivity contribution in [3.8, 4) is 22.9 Å². The maximum absolute atomic E-state index is 13.1. The van der Waals surface area contributed by atoms with Crippen LogP contribution < -0.4 is 4.74 Å². The fourth-order valence-corrected chi connectivity index (χ4v) is 4.60. The van der Waals surface area contributed by atoms with Crippen LogP contribution in [0.15, 0.2) is 53.6 Å². The van der Waals surface area contributed by atoms with Gasteiger partial charge in [-0.15, -0.1) is 0 Å². The summed E-state index contributed by atoms with van der Waals surface area (Å²) in [5, 5.41) is 10.5. The molecule has 4 rings (SSSR count). The highest BCUT2D eigenvalue weighted by Gasteiger charge is 2.24. The molecule has 1 aliphatic rings. The molecule has 0 N–H and O–H groups in total. The van der Waals surface area contributed by atoms with Crippen molar-refractivity contribution in [3.63, 3.8) is 0 Å². The van der Waals surface area contributed by atoms with Crippen molar-refractivity contribution in [3.05, 3.63) is 76.7 Å². The molecule has 0 spiro atoms. The Bertz CT molecular complexity index is 1140. The van der Waals surface area contributed by atoms with Crippen LogP contribution in [0.25, 0.3) is 11.1 Å². The van der Waals surface area contributed by atoms with E-state index in [1.54, 1.807) is 7.11 Å². The number of Topliss-reactive ketones (excluding diaryl/α,β-unsaturated/α-hetero) is 1. The average Bonchev–Trinajstić information content (AvgIpc) is 3.25. The molecule has 0 fully saturated rings. The molecule has 0 radical (unpaired) electrons. The SMILES string of the molecule is COc1ccc(-c2c(C#N)c(SCC(=O)c3ccc(F)cc3)nc3c2CCC3)cc1. The van der Waals surface area contributed by atoms with Gasteiger partial charge in [-0.1, -0.05) is 23.9 Å². The van der Waals surface area contributed by atoms with Gasteiger partial charge in [-0.3, -0.25) is 4.79 Å². The molecule has 6 heteroatoms. The summed E-state index contributed by atoms with van der Waals surface area (Å²) in [7, 11) is 1.62. The highest BCUT2D eigenvalue weighted by Crippen LogP contribution is 2.39. The van der Waals surface area contributed by atoms with Gasteiger partial charge in [0, 0.05) is 16.8 Å². The molecule has 2 aromatic carbocycles. The van der Waals surface area contributed by atoms with Crippen molar-refractivity contribution in [2.75, 3.05) is 12.9 Å². The molecular formula is C24H19FN2O2S. The van der Waals surface area contributed by atoms with Crippen molar-refractivity contribution in [2.45, 2.75) is 24.3 Å². The number of pyridine rings is 1. The Labute approximate surface area is 178 Å². The summed E-state index contributed by atoms with van der Waals surface area (Å²) in [6.45, 7) is 0. The number of aromatic nitrogens is 1. The number of aryl methyl sites for hydroxylation is 1. The Morgan fingerprint density at radius 1 is 1.17 bits per heavy atom. The predicted octanol–water partition coefficient (Wildman–Crippen LogP) is 5.23. The molecule has 0 saturated carbocycles. The second-order valence-corrected chi connectivity index (χ2v) is 7.97. The topological polar surface area (TPSA) is 63.0 Å². The average molecular weight is 418 g/mol. The van der Waals surface area contributed by atoms with E-state index >= 15 is 0 Å². The second kappa shape index (κ2) is 8.68. The van der Waals surface area contributed by atoms with Crippen molar-refractivity contribution in [1.82, 2.24) is 4.98 Å². The van der Waals surface area contributed by atoms with E-state index in [-0.39, 0.29) is 17.4 Å². The number of halogens is 1. The van der Waals surface area contributed by atoms with Crippen molar-refractivity contribution in [1.29, 1.82) is 5.26 Å². The third-order valence-corrected chi connectivity index (χ3v) is 6.16. The summed E-state index contributed by atoms with van der Waals surface area (Å²) in [6, 6.07) is 15.5. The first-order chi connectivity index (χ1) is 14.6. The van der Waals surface area contributed by atoms with Crippen LogP contribution in [0.1, 0.15) is 33.6 Å². The van der Waals surface area contributed by atoms with Gasteiger partial charge in [0.15, 0.2) is 5.78 Å². The standard InChI is InChI=1S/C24H19FN2O2S/c1-29-18-11-7-16(8-12-18)23-19-3-2-4-21(19)27-24(20(23)13-26)30-14-22(28)15-5-9-17(25)10-6-15/h5-12H,2-4,14H2,1H3. The normalized spacial score (nSPS) is 12.3. The number of rotatable bonds is 6. The summed E-state index contributed by atoms with van der Waals surface area (Å²) in [5.74, 6) is 0.378. The number of ketones is 1. The molecule has 0 bridgehead atoms. The number of nitriles is 1. The largest absolute Gasteiger partial charge is 0.497 e. The summed E-state index contributed by atoms with van der Waals surface area (Å²) < 4.78 is 18.4. The molecule has 0 unspecified atom stereocenters. The number of carbonyl (C=O) groups is 1. The molecule has 1 heterocycles. The monoisotopic (exact) mass is 418 g/mol. The number of fused-ring (bicyclic) bond motifs is 1. The van der Waals surface area contributed by atoms with Gasteiger partial charge in [-0.2, -0.15) is 5.26 Å². The van der Waals surface area contributed by atoms with Crippen LogP contribution in [0.3, 0.4) is 0 Å². The van der Waals surface area contributed by atoms with Gasteiger partial charge in [-0.05, 0) is 66.8 Å². The highest BCUT2D eigenvalue weighted by atomic mass is 32.2. The highest BCUT2D eigenvalue weighted by molar-refractivity contribution is 8.00. The molecule has 0 aliphatic heterocycles. The number of ether oxygens (including phenoxy) is 1. The molecule has 0 saturated heterocycles. The number of carbonyl (C=O) groups excluding carboxylic acids is 1. The number of hydrogen-bond acceptors (Lipinski definition) is 5. The maximum Gasteiger partial charge on any atom is 0.173 e. The minimum atomic E-state index is -0.379. The van der Waals surface area contributed by atoms with Crippen LogP contribution in [0.5, 0.6) is 5.75 Å². The smallest absolute Gasteiger partial charge is 0.173 e. The Morgan fingerprint density at radius 2 is 1.90 bits per heavy atom. The lowest BCUT2D eigenvalue weighted by Crippen LogP contribution is -2.05. The Kier molecular flexibility index (Phi) is 5.82. The van der Waals surface area contributed by atoms with E-state index in [2.05, 4.69) is 6.07 Å². The van der Waals surface area contributed by atoms with Crippen molar-refractivity contribution >= 4 is 17.5 Å². The Hall–Kier alpha value is -3.17. The Morgan fingerprint density at radius 3 is 2.57 bits per heavy atom. The van der Waals surface area contributed by atoms with E-state index in [4.69, 9.17) is 9.72 Å². The first kappa shape index (κ1) is 20.1. The van der Waals surface area contributed by atoms with E-state index in [1.807, 2.05) is 24.3 Å². The molecule has 150 valence electrons. The van der Waals surface area contributed by atoms with E-state index in [0.29, 0.717) is 16.2 Å². The summed E-state index contributed by atoms with van der Waals surface area (Å²) in [4.78, 5) is 17.2. The lowest BCUT2D eigenvalue weighted by molar-refractivity contribution is 0.102. The van der Waals surface area contributed by atoms with Gasteiger partial charge in [0.1, 0.15) is 22.7 Å². The zero-order valence-corrected chi connectivity index (χ0v) is 17.3. The van der Waals surface area contributed by atoms with Crippen LogP contribution in [-0.2, 0) is 12.8 Å². The maximum atomic E-state index is 13.1. The van der Waals surface area contributed by atoms with Gasteiger partial charge in [0.25, 0.3) is 0 Å². The molecule has 30 heavy (non-hydrogen) atoms. The molecule has 3 aromatic rings. The van der Waals surface area contributed by atoms with Gasteiger partial charge in [0.05, 0.1) is 18.4 Å². The van der Waals surface area contributed by atoms with Crippen molar-refractivity contribution < 1.29 is 13.9 Å². The fraction of sp³-hybridized carbons (Fsp3) is 0.208. The number of hydrogen-bond donors (Lipinski definition) is 0. The minimum absolute atomic E-state index is 0.128. The first-order valence-electron chi connectivity index (χ1n) is 9.62. The third kappa shape index (κ3) is 3.94. The molecular weight excluding hydrogens is 399 g/mol. The summed E-state index contributed by atoms with van der Waals surface area (Å²) >= 11 is 1.26. The van der Waals surface area contributed by atoms with E-state index < -0.39 is 0 Å². The third-order valence-electron chi connectivity index (χ3n) is 5.19. The van der Waals surface area contributed by atoms with Crippen LogP contribution in [-0.4, -0.2) is 23.6 Å². The van der Waals surface area contributed by atoms with Crippen molar-refractivity contribution in [2.24, 2.45) is 0 Å². The zero-order valence-electron chi connectivity index (χ0n) is 16.4. The minimum Gasteiger partial charge on any atom is -0.497 e. The quantitative estimate of drug-likeness (QED) is 0.405. The van der Waals surface area contributed by atoms with E-state index in [0.717, 1.165) is 47.4 Å². The number of benzene rings is 2. The molecule has 0 atom stereocenters. The van der Waals surface area contributed by atoms with E-state index in [9.17, 15) is 14.4 Å². The Balaban J connectivity index is 1.69. The summed E-state index contributed by atoms with van der Waals surface area (Å²) in [6.07, 6.45) is 2.75. The fourth-order valence-electron chi connectivity index (χ4n) is 3.69. The zero-order chi connectivity index (χ0) is 21.1. The van der Waals surface area contributed by atoms with Gasteiger partial charge in [0.2, 0.25) is 0 Å². The van der Waals surface area contributed by atoms with Crippen LogP contribution in [0.4, 0.5) is 4.39 Å². The predicted molar refractivity (Wildman–Crippen MR) is 114 cm³/mol. The van der Waals surface area contributed by atoms with Crippen LogP contribution in [0.2, 0.25) is 0 Å². The molecule has 0 amide bonds. The molecule has 1 aromatic heterocycles. The first-order valence-corrected chi connectivity index (χ1v) is 10.6. The molecule has 1 aliphatic carbocycles. The van der Waals surface area contributed by atoms with Crippen LogP contribution >= 0.6 is 11.8 Å². The second-order valence-electron chi connectivity index (χ2n) is 7.00. The number of nitrogens with zero attached hydrogens (tertiary/aromatic N) is 2. The number of methoxy groups -OCH3 is 1.